The summed E-state index contributed by atoms with van der Waals surface area (Å²) in [6, 6.07) is 8.05. The van der Waals surface area contributed by atoms with E-state index in [2.05, 4.69) is 38.9 Å². The second-order valence-electron chi connectivity index (χ2n) is 5.11. The van der Waals surface area contributed by atoms with Crippen LogP contribution in [-0.2, 0) is 6.42 Å². The average molecular weight is 269 g/mol. The van der Waals surface area contributed by atoms with Gasteiger partial charge in [-0.05, 0) is 45.0 Å². The highest BCUT2D eigenvalue weighted by molar-refractivity contribution is 6.31. The Bertz CT molecular complexity index is 373. The fourth-order valence-electron chi connectivity index (χ4n) is 2.83. The Hall–Kier alpha value is -0.570. The lowest BCUT2D eigenvalue weighted by molar-refractivity contribution is 0.105. The highest BCUT2D eigenvalue weighted by Gasteiger charge is 2.35. The van der Waals surface area contributed by atoms with Gasteiger partial charge in [0, 0.05) is 16.6 Å². The zero-order chi connectivity index (χ0) is 13.8. The zero-order valence-corrected chi connectivity index (χ0v) is 12.7. The van der Waals surface area contributed by atoms with Crippen LogP contribution in [0.1, 0.15) is 32.3 Å². The minimum atomic E-state index is 0.0408. The minimum absolute atomic E-state index is 0.0408. The number of likely N-dealkylation sites (N-methyl/N-ethyl adjacent to an activating group) is 1. The largest absolute Gasteiger partial charge is 0.326 e. The number of nitrogens with two attached hydrogens (primary N) is 1. The van der Waals surface area contributed by atoms with E-state index in [0.717, 1.165) is 29.8 Å². The van der Waals surface area contributed by atoms with Crippen LogP contribution < -0.4 is 5.73 Å². The number of nitrogens with zero attached hydrogens (tertiary/aromatic N) is 1. The molecule has 102 valence electrons. The number of halogens is 1. The van der Waals surface area contributed by atoms with Crippen LogP contribution in [0.5, 0.6) is 0 Å². The van der Waals surface area contributed by atoms with Crippen LogP contribution in [0.3, 0.4) is 0 Å². The van der Waals surface area contributed by atoms with Crippen LogP contribution in [0.2, 0.25) is 5.02 Å². The molecule has 0 saturated heterocycles. The third-order valence-electron chi connectivity index (χ3n) is 4.20. The van der Waals surface area contributed by atoms with E-state index >= 15 is 0 Å². The van der Waals surface area contributed by atoms with Gasteiger partial charge in [0.15, 0.2) is 0 Å². The minimum Gasteiger partial charge on any atom is -0.326 e. The van der Waals surface area contributed by atoms with Crippen molar-refractivity contribution in [1.82, 2.24) is 4.90 Å². The van der Waals surface area contributed by atoms with Crippen molar-refractivity contribution in [2.45, 2.75) is 44.7 Å². The van der Waals surface area contributed by atoms with Gasteiger partial charge in [-0.15, -0.1) is 0 Å². The standard InChI is InChI=1S/C15H25ClN2/c1-5-15(6-2,18(3)4)14(17)11-12-9-7-8-10-13(12)16/h7-10,14H,5-6,11,17H2,1-4H3. The molecule has 0 aromatic heterocycles. The van der Waals surface area contributed by atoms with Crippen molar-refractivity contribution in [2.24, 2.45) is 5.73 Å². The molecular weight excluding hydrogens is 244 g/mol. The van der Waals surface area contributed by atoms with Crippen LogP contribution in [0, 0.1) is 0 Å². The number of benzene rings is 1. The van der Waals surface area contributed by atoms with Gasteiger partial charge in [-0.1, -0.05) is 43.6 Å². The van der Waals surface area contributed by atoms with E-state index < -0.39 is 0 Å². The molecule has 0 amide bonds. The molecule has 0 heterocycles. The Morgan fingerprint density at radius 2 is 1.78 bits per heavy atom. The van der Waals surface area contributed by atoms with Crippen LogP contribution >= 0.6 is 11.6 Å². The van der Waals surface area contributed by atoms with E-state index in [4.69, 9.17) is 17.3 Å². The predicted molar refractivity (Wildman–Crippen MR) is 80.1 cm³/mol. The van der Waals surface area contributed by atoms with E-state index in [0.29, 0.717) is 0 Å². The number of hydrogen-bond donors (Lipinski definition) is 1. The Labute approximate surface area is 116 Å². The summed E-state index contributed by atoms with van der Waals surface area (Å²) in [6.45, 7) is 4.41. The van der Waals surface area contributed by atoms with Crippen LogP contribution in [0.15, 0.2) is 24.3 Å². The summed E-state index contributed by atoms with van der Waals surface area (Å²) in [5.41, 5.74) is 7.66. The summed E-state index contributed by atoms with van der Waals surface area (Å²) >= 11 is 6.22. The van der Waals surface area contributed by atoms with Crippen LogP contribution in [-0.4, -0.2) is 30.6 Å². The molecular formula is C15H25ClN2. The Morgan fingerprint density at radius 3 is 2.22 bits per heavy atom. The molecule has 0 aliphatic carbocycles. The smallest absolute Gasteiger partial charge is 0.0438 e. The van der Waals surface area contributed by atoms with Crippen molar-refractivity contribution >= 4 is 11.6 Å². The van der Waals surface area contributed by atoms with Gasteiger partial charge in [0.2, 0.25) is 0 Å². The molecule has 1 rings (SSSR count). The molecule has 0 fully saturated rings. The van der Waals surface area contributed by atoms with Gasteiger partial charge in [-0.2, -0.15) is 0 Å². The second-order valence-corrected chi connectivity index (χ2v) is 5.51. The van der Waals surface area contributed by atoms with Crippen molar-refractivity contribution in [1.29, 1.82) is 0 Å². The molecule has 2 nitrogen and oxygen atoms in total. The van der Waals surface area contributed by atoms with Crippen LogP contribution in [0.25, 0.3) is 0 Å². The van der Waals surface area contributed by atoms with Crippen LogP contribution in [0.4, 0.5) is 0 Å². The van der Waals surface area contributed by atoms with Crippen molar-refractivity contribution in [2.75, 3.05) is 14.1 Å². The summed E-state index contributed by atoms with van der Waals surface area (Å²) in [5, 5.41) is 0.813. The molecule has 1 unspecified atom stereocenters. The van der Waals surface area contributed by atoms with Gasteiger partial charge in [-0.3, -0.25) is 0 Å². The normalized spacial score (nSPS) is 13.9. The first-order valence-corrected chi connectivity index (χ1v) is 7.02. The lowest BCUT2D eigenvalue weighted by atomic mass is 9.81. The second kappa shape index (κ2) is 6.55. The Kier molecular flexibility index (Phi) is 5.64. The third kappa shape index (κ3) is 3.05. The van der Waals surface area contributed by atoms with E-state index in [-0.39, 0.29) is 11.6 Å². The molecule has 2 N–H and O–H groups in total. The lowest BCUT2D eigenvalue weighted by Gasteiger charge is -2.43. The van der Waals surface area contributed by atoms with Crippen molar-refractivity contribution < 1.29 is 0 Å². The van der Waals surface area contributed by atoms with Gasteiger partial charge in [0.25, 0.3) is 0 Å². The van der Waals surface area contributed by atoms with Gasteiger partial charge in [0.1, 0.15) is 0 Å². The summed E-state index contributed by atoms with van der Waals surface area (Å²) in [6.07, 6.45) is 2.91. The topological polar surface area (TPSA) is 29.3 Å². The zero-order valence-electron chi connectivity index (χ0n) is 11.9. The number of hydrogen-bond acceptors (Lipinski definition) is 2. The van der Waals surface area contributed by atoms with E-state index in [1.807, 2.05) is 18.2 Å². The summed E-state index contributed by atoms with van der Waals surface area (Å²) in [5.74, 6) is 0. The summed E-state index contributed by atoms with van der Waals surface area (Å²) in [7, 11) is 4.22. The molecule has 3 heteroatoms. The molecule has 1 aromatic carbocycles. The quantitative estimate of drug-likeness (QED) is 0.858. The molecule has 1 aromatic rings. The first kappa shape index (κ1) is 15.5. The van der Waals surface area contributed by atoms with E-state index in [1.54, 1.807) is 0 Å². The lowest BCUT2D eigenvalue weighted by Crippen LogP contribution is -2.57. The molecule has 0 saturated carbocycles. The van der Waals surface area contributed by atoms with E-state index in [9.17, 15) is 0 Å². The van der Waals surface area contributed by atoms with Crippen molar-refractivity contribution in [3.63, 3.8) is 0 Å². The fraction of sp³-hybridized carbons (Fsp3) is 0.600. The molecule has 18 heavy (non-hydrogen) atoms. The Balaban J connectivity index is 2.92. The SMILES string of the molecule is CCC(CC)(C(N)Cc1ccccc1Cl)N(C)C. The molecule has 1 atom stereocenters. The summed E-state index contributed by atoms with van der Waals surface area (Å²) in [4.78, 5) is 2.26. The summed E-state index contributed by atoms with van der Waals surface area (Å²) < 4.78 is 0. The van der Waals surface area contributed by atoms with E-state index in [1.165, 1.54) is 0 Å². The van der Waals surface area contributed by atoms with Gasteiger partial charge >= 0.3 is 0 Å². The average Bonchev–Trinajstić information content (AvgIpc) is 2.34. The predicted octanol–water partition coefficient (Wildman–Crippen LogP) is 3.33. The first-order chi connectivity index (χ1) is 8.47. The monoisotopic (exact) mass is 268 g/mol. The maximum absolute atomic E-state index is 6.48. The van der Waals surface area contributed by atoms with Crippen molar-refractivity contribution in [3.8, 4) is 0 Å². The maximum Gasteiger partial charge on any atom is 0.0438 e. The third-order valence-corrected chi connectivity index (χ3v) is 4.57. The molecule has 0 aliphatic heterocycles. The molecule has 0 radical (unpaired) electrons. The molecule has 0 bridgehead atoms. The highest BCUT2D eigenvalue weighted by Crippen LogP contribution is 2.28. The Morgan fingerprint density at radius 1 is 1.22 bits per heavy atom. The van der Waals surface area contributed by atoms with Gasteiger partial charge < -0.3 is 10.6 Å². The maximum atomic E-state index is 6.48. The first-order valence-electron chi connectivity index (χ1n) is 6.64. The molecule has 0 spiro atoms. The number of rotatable bonds is 6. The van der Waals surface area contributed by atoms with Crippen molar-refractivity contribution in [3.05, 3.63) is 34.9 Å². The van der Waals surface area contributed by atoms with Gasteiger partial charge in [-0.25, -0.2) is 0 Å². The fourth-order valence-corrected chi connectivity index (χ4v) is 3.04. The molecule has 0 aliphatic rings. The van der Waals surface area contributed by atoms with Gasteiger partial charge in [0.05, 0.1) is 0 Å². The highest BCUT2D eigenvalue weighted by atomic mass is 35.5.